The predicted octanol–water partition coefficient (Wildman–Crippen LogP) is 4.15. The number of anilines is 1. The van der Waals surface area contributed by atoms with Gasteiger partial charge in [0.05, 0.1) is 11.1 Å². The lowest BCUT2D eigenvalue weighted by Crippen LogP contribution is -2.16. The third-order valence-corrected chi connectivity index (χ3v) is 5.52. The van der Waals surface area contributed by atoms with E-state index >= 15 is 0 Å². The Morgan fingerprint density at radius 3 is 2.88 bits per heavy atom. The first kappa shape index (κ1) is 17.7. The number of aromatic amines is 1. The van der Waals surface area contributed by atoms with Gasteiger partial charge in [-0.2, -0.15) is 0 Å². The van der Waals surface area contributed by atoms with E-state index in [1.54, 1.807) is 0 Å². The first-order valence-corrected chi connectivity index (χ1v) is 9.76. The van der Waals surface area contributed by atoms with Crippen molar-refractivity contribution in [2.45, 2.75) is 31.8 Å². The number of H-pyrrole nitrogens is 1. The summed E-state index contributed by atoms with van der Waals surface area (Å²) in [4.78, 5) is 33.2. The standard InChI is InChI=1S/C18H19N3O2S2/c1-10(2)12-6-4-5-7-14(12)19-15(22)9-24-18-20-16(23)13-8-11(3)25-17(13)21-18/h4-8,10H,9H2,1-3H3,(H,19,22)(H,20,21,23). The number of rotatable bonds is 5. The molecular formula is C18H19N3O2S2. The maximum absolute atomic E-state index is 12.3. The molecule has 5 nitrogen and oxygen atoms in total. The zero-order valence-corrected chi connectivity index (χ0v) is 15.9. The Bertz CT molecular complexity index is 976. The van der Waals surface area contributed by atoms with E-state index in [1.807, 2.05) is 37.3 Å². The number of benzene rings is 1. The van der Waals surface area contributed by atoms with Crippen LogP contribution in [-0.4, -0.2) is 21.6 Å². The molecule has 0 aliphatic heterocycles. The summed E-state index contributed by atoms with van der Waals surface area (Å²) in [6, 6.07) is 9.61. The van der Waals surface area contributed by atoms with Crippen LogP contribution in [0, 0.1) is 6.92 Å². The van der Waals surface area contributed by atoms with Crippen molar-refractivity contribution in [2.75, 3.05) is 11.1 Å². The number of aromatic nitrogens is 2. The Balaban J connectivity index is 1.70. The highest BCUT2D eigenvalue weighted by atomic mass is 32.2. The van der Waals surface area contributed by atoms with Crippen LogP contribution in [0.25, 0.3) is 10.2 Å². The number of hydrogen-bond donors (Lipinski definition) is 2. The lowest BCUT2D eigenvalue weighted by molar-refractivity contribution is -0.113. The zero-order valence-electron chi connectivity index (χ0n) is 14.3. The van der Waals surface area contributed by atoms with Crippen LogP contribution in [0.2, 0.25) is 0 Å². The molecule has 130 valence electrons. The molecule has 0 saturated carbocycles. The highest BCUT2D eigenvalue weighted by Gasteiger charge is 2.12. The van der Waals surface area contributed by atoms with E-state index in [2.05, 4.69) is 29.1 Å². The van der Waals surface area contributed by atoms with Crippen LogP contribution in [0.5, 0.6) is 0 Å². The van der Waals surface area contributed by atoms with Crippen LogP contribution < -0.4 is 10.9 Å². The maximum atomic E-state index is 12.3. The van der Waals surface area contributed by atoms with Crippen LogP contribution in [0.4, 0.5) is 5.69 Å². The van der Waals surface area contributed by atoms with E-state index in [4.69, 9.17) is 0 Å². The third-order valence-electron chi connectivity index (χ3n) is 3.70. The van der Waals surface area contributed by atoms with Crippen LogP contribution >= 0.6 is 23.1 Å². The van der Waals surface area contributed by atoms with Gasteiger partial charge in [-0.3, -0.25) is 9.59 Å². The number of thioether (sulfide) groups is 1. The lowest BCUT2D eigenvalue weighted by atomic mass is 10.0. The van der Waals surface area contributed by atoms with Gasteiger partial charge in [0.2, 0.25) is 5.91 Å². The predicted molar refractivity (Wildman–Crippen MR) is 105 cm³/mol. The monoisotopic (exact) mass is 373 g/mol. The van der Waals surface area contributed by atoms with Crippen LogP contribution in [0.3, 0.4) is 0 Å². The molecule has 3 aromatic rings. The van der Waals surface area contributed by atoms with Gasteiger partial charge < -0.3 is 10.3 Å². The van der Waals surface area contributed by atoms with Gasteiger partial charge in [0, 0.05) is 10.6 Å². The normalized spacial score (nSPS) is 11.2. The molecule has 2 heterocycles. The van der Waals surface area contributed by atoms with Gasteiger partial charge in [0.25, 0.3) is 5.56 Å². The number of carbonyl (C=O) groups is 1. The number of nitrogens with one attached hydrogen (secondary N) is 2. The fourth-order valence-corrected chi connectivity index (χ4v) is 4.13. The Labute approximate surface area is 153 Å². The van der Waals surface area contributed by atoms with Gasteiger partial charge >= 0.3 is 0 Å². The number of nitrogens with zero attached hydrogens (tertiary/aromatic N) is 1. The molecule has 0 aliphatic carbocycles. The molecule has 2 aromatic heterocycles. The smallest absolute Gasteiger partial charge is 0.260 e. The zero-order chi connectivity index (χ0) is 18.0. The van der Waals surface area contributed by atoms with Gasteiger partial charge in [-0.1, -0.05) is 43.8 Å². The average molecular weight is 374 g/mol. The number of aryl methyl sites for hydroxylation is 1. The van der Waals surface area contributed by atoms with Gasteiger partial charge in [-0.25, -0.2) is 4.98 Å². The van der Waals surface area contributed by atoms with Gasteiger partial charge in [-0.05, 0) is 30.5 Å². The summed E-state index contributed by atoms with van der Waals surface area (Å²) in [5, 5.41) is 4.00. The van der Waals surface area contributed by atoms with E-state index in [0.29, 0.717) is 21.3 Å². The fraction of sp³-hybridized carbons (Fsp3) is 0.278. The number of carbonyl (C=O) groups excluding carboxylic acids is 1. The summed E-state index contributed by atoms with van der Waals surface area (Å²) >= 11 is 2.71. The van der Waals surface area contributed by atoms with Gasteiger partial charge in [-0.15, -0.1) is 11.3 Å². The second kappa shape index (κ2) is 7.41. The Hall–Kier alpha value is -2.12. The summed E-state index contributed by atoms with van der Waals surface area (Å²) in [5.41, 5.74) is 1.76. The summed E-state index contributed by atoms with van der Waals surface area (Å²) < 4.78 is 0. The Morgan fingerprint density at radius 2 is 2.12 bits per heavy atom. The van der Waals surface area contributed by atoms with Crippen molar-refractivity contribution >= 4 is 44.9 Å². The molecule has 0 spiro atoms. The molecule has 0 fully saturated rings. The molecular weight excluding hydrogens is 354 g/mol. The highest BCUT2D eigenvalue weighted by Crippen LogP contribution is 2.25. The molecule has 7 heteroatoms. The molecule has 3 rings (SSSR count). The topological polar surface area (TPSA) is 74.8 Å². The summed E-state index contributed by atoms with van der Waals surface area (Å²) in [5.74, 6) is 0.389. The minimum atomic E-state index is -0.164. The van der Waals surface area contributed by atoms with Crippen molar-refractivity contribution < 1.29 is 4.79 Å². The van der Waals surface area contributed by atoms with Gasteiger partial charge in [0.1, 0.15) is 4.83 Å². The number of amides is 1. The third kappa shape index (κ3) is 4.11. The average Bonchev–Trinajstić information content (AvgIpc) is 2.94. The molecule has 0 atom stereocenters. The summed E-state index contributed by atoms with van der Waals surface area (Å²) in [6.07, 6.45) is 0. The molecule has 0 unspecified atom stereocenters. The van der Waals surface area contributed by atoms with Crippen molar-refractivity contribution in [3.05, 3.63) is 51.1 Å². The quantitative estimate of drug-likeness (QED) is 0.520. The molecule has 1 aromatic carbocycles. The molecule has 0 bridgehead atoms. The lowest BCUT2D eigenvalue weighted by Gasteiger charge is -2.13. The van der Waals surface area contributed by atoms with Crippen molar-refractivity contribution in [1.29, 1.82) is 0 Å². The first-order valence-electron chi connectivity index (χ1n) is 7.96. The van der Waals surface area contributed by atoms with E-state index in [0.717, 1.165) is 16.1 Å². The number of thiophene rings is 1. The summed E-state index contributed by atoms with van der Waals surface area (Å²) in [6.45, 7) is 6.12. The van der Waals surface area contributed by atoms with Crippen molar-refractivity contribution in [3.63, 3.8) is 0 Å². The van der Waals surface area contributed by atoms with Gasteiger partial charge in [0.15, 0.2) is 5.16 Å². The highest BCUT2D eigenvalue weighted by molar-refractivity contribution is 7.99. The van der Waals surface area contributed by atoms with E-state index < -0.39 is 0 Å². The molecule has 0 saturated heterocycles. The SMILES string of the molecule is Cc1cc2c(=O)[nH]c(SCC(=O)Nc3ccccc3C(C)C)nc2s1. The van der Waals surface area contributed by atoms with Crippen molar-refractivity contribution in [1.82, 2.24) is 9.97 Å². The Kier molecular flexibility index (Phi) is 5.24. The number of fused-ring (bicyclic) bond motifs is 1. The molecule has 0 aliphatic rings. The molecule has 0 radical (unpaired) electrons. The second-order valence-corrected chi connectivity index (χ2v) is 8.22. The minimum Gasteiger partial charge on any atom is -0.325 e. The first-order chi connectivity index (χ1) is 11.9. The van der Waals surface area contributed by atoms with E-state index in [-0.39, 0.29) is 17.2 Å². The molecule has 25 heavy (non-hydrogen) atoms. The fourth-order valence-electron chi connectivity index (χ4n) is 2.54. The minimum absolute atomic E-state index is 0.122. The molecule has 1 amide bonds. The summed E-state index contributed by atoms with van der Waals surface area (Å²) in [7, 11) is 0. The van der Waals surface area contributed by atoms with E-state index in [1.165, 1.54) is 23.1 Å². The number of hydrogen-bond acceptors (Lipinski definition) is 5. The van der Waals surface area contributed by atoms with Crippen LogP contribution in [0.15, 0.2) is 40.3 Å². The van der Waals surface area contributed by atoms with Crippen molar-refractivity contribution in [2.24, 2.45) is 0 Å². The van der Waals surface area contributed by atoms with E-state index in [9.17, 15) is 9.59 Å². The van der Waals surface area contributed by atoms with Crippen molar-refractivity contribution in [3.8, 4) is 0 Å². The second-order valence-electron chi connectivity index (χ2n) is 6.03. The largest absolute Gasteiger partial charge is 0.325 e. The Morgan fingerprint density at radius 1 is 1.36 bits per heavy atom. The molecule has 2 N–H and O–H groups in total. The maximum Gasteiger partial charge on any atom is 0.260 e. The van der Waals surface area contributed by atoms with Crippen LogP contribution in [-0.2, 0) is 4.79 Å². The number of para-hydroxylation sites is 1. The van der Waals surface area contributed by atoms with Crippen LogP contribution in [0.1, 0.15) is 30.2 Å².